The van der Waals surface area contributed by atoms with Crippen LogP contribution in [0.2, 0.25) is 0 Å². The van der Waals surface area contributed by atoms with Gasteiger partial charge in [0.2, 0.25) is 0 Å². The molecular weight excluding hydrogens is 853 g/mol. The van der Waals surface area contributed by atoms with E-state index in [0.29, 0.717) is 0 Å². The van der Waals surface area contributed by atoms with Crippen molar-refractivity contribution in [1.82, 2.24) is 29.1 Å². The maximum absolute atomic E-state index is 4.87. The van der Waals surface area contributed by atoms with E-state index in [0.717, 1.165) is 75.7 Å². The van der Waals surface area contributed by atoms with Crippen LogP contribution in [0, 0.1) is 0 Å². The molecule has 0 aliphatic heterocycles. The van der Waals surface area contributed by atoms with E-state index in [2.05, 4.69) is 149 Å². The number of aromatic nitrogens is 6. The summed E-state index contributed by atoms with van der Waals surface area (Å²) < 4.78 is 5.25. The number of hydrogen-bond donors (Lipinski definition) is 0. The van der Waals surface area contributed by atoms with Crippen LogP contribution in [0.15, 0.2) is 189 Å². The molecule has 0 bridgehead atoms. The van der Waals surface area contributed by atoms with Crippen LogP contribution in [0.25, 0.3) is 126 Å². The van der Waals surface area contributed by atoms with Gasteiger partial charge in [-0.25, -0.2) is 0 Å². The summed E-state index contributed by atoms with van der Waals surface area (Å²) in [5, 5.41) is 9.75. The number of pyridine rings is 4. The Balaban J connectivity index is 0.951. The van der Waals surface area contributed by atoms with Gasteiger partial charge in [0.15, 0.2) is 0 Å². The maximum Gasteiger partial charge on any atom is 0.0970 e. The molecule has 70 heavy (non-hydrogen) atoms. The van der Waals surface area contributed by atoms with Gasteiger partial charge in [-0.3, -0.25) is 19.9 Å². The Morgan fingerprint density at radius 2 is 0.986 bits per heavy atom. The van der Waals surface area contributed by atoms with Crippen molar-refractivity contribution in [1.29, 1.82) is 0 Å². The fraction of sp³-hybridized carbons (Fsp3) is 0.0938. The summed E-state index contributed by atoms with van der Waals surface area (Å²) in [4.78, 5) is 19.3. The first-order chi connectivity index (χ1) is 34.7. The highest BCUT2D eigenvalue weighted by Crippen LogP contribution is 2.52. The van der Waals surface area contributed by atoms with E-state index in [1.807, 2.05) is 49.1 Å². The van der Waals surface area contributed by atoms with Gasteiger partial charge < -0.3 is 9.13 Å². The third-order valence-electron chi connectivity index (χ3n) is 15.9. The van der Waals surface area contributed by atoms with Crippen molar-refractivity contribution >= 4 is 87.2 Å². The fourth-order valence-corrected chi connectivity index (χ4v) is 13.0. The van der Waals surface area contributed by atoms with Gasteiger partial charge in [-0.15, -0.1) is 0 Å². The van der Waals surface area contributed by atoms with E-state index in [1.54, 1.807) is 0 Å². The summed E-state index contributed by atoms with van der Waals surface area (Å²) in [6, 6.07) is 52.1. The molecule has 13 aromatic rings. The van der Waals surface area contributed by atoms with E-state index in [-0.39, 0.29) is 6.04 Å². The van der Waals surface area contributed by atoms with Crippen molar-refractivity contribution in [3.05, 3.63) is 211 Å². The number of aryl methyl sites for hydroxylation is 4. The van der Waals surface area contributed by atoms with E-state index >= 15 is 0 Å². The standard InChI is InChI=1S/C64H42N6/c1-3-13-43(14-4-1)69-55-25-21-37(49-35-41-11-7-27-65-59(41)61-45(49)17-9-29-67-61)31-51(55)53-33-39-20-24-48-58-40(19-23-47(57(39)58)63(53)69)34-54-52-32-38(22-26-56(52)70(64(48)54)44-15-5-2-6-16-44)50-36-42-12-8-28-66-60(42)62-46(50)18-10-30-68-62/h1-15,17-18,21-22,25-36,44H,16,19-20,23-24H2. The minimum absolute atomic E-state index is 0.218. The van der Waals surface area contributed by atoms with Gasteiger partial charge in [0.25, 0.3) is 0 Å². The highest BCUT2D eigenvalue weighted by atomic mass is 15.0. The highest BCUT2D eigenvalue weighted by molar-refractivity contribution is 6.18. The Morgan fingerprint density at radius 3 is 1.60 bits per heavy atom. The van der Waals surface area contributed by atoms with Crippen LogP contribution in [0.4, 0.5) is 0 Å². The molecule has 6 heterocycles. The fourth-order valence-electron chi connectivity index (χ4n) is 13.0. The van der Waals surface area contributed by atoms with E-state index in [1.165, 1.54) is 105 Å². The summed E-state index contributed by atoms with van der Waals surface area (Å²) in [7, 11) is 0. The second-order valence-corrected chi connectivity index (χ2v) is 19.5. The maximum atomic E-state index is 4.87. The number of para-hydroxylation sites is 1. The molecule has 16 rings (SSSR count). The van der Waals surface area contributed by atoms with Gasteiger partial charge in [-0.2, -0.15) is 0 Å². The molecule has 0 saturated carbocycles. The average molecular weight is 895 g/mol. The molecule has 6 aromatic heterocycles. The second-order valence-electron chi connectivity index (χ2n) is 19.5. The van der Waals surface area contributed by atoms with Crippen molar-refractivity contribution in [3.8, 4) is 39.1 Å². The first-order valence-electron chi connectivity index (χ1n) is 24.6. The lowest BCUT2D eigenvalue weighted by Crippen LogP contribution is -2.17. The normalized spacial score (nSPS) is 15.2. The van der Waals surface area contributed by atoms with Gasteiger partial charge in [0.1, 0.15) is 0 Å². The smallest absolute Gasteiger partial charge is 0.0970 e. The predicted octanol–water partition coefficient (Wildman–Crippen LogP) is 15.3. The number of fused-ring (bicyclic) bond motifs is 14. The lowest BCUT2D eigenvalue weighted by Gasteiger charge is -2.32. The van der Waals surface area contributed by atoms with Crippen LogP contribution in [-0.4, -0.2) is 29.1 Å². The summed E-state index contributed by atoms with van der Waals surface area (Å²) in [5.74, 6) is 0. The van der Waals surface area contributed by atoms with Crippen molar-refractivity contribution in [2.75, 3.05) is 0 Å². The molecule has 3 aliphatic rings. The zero-order valence-electron chi connectivity index (χ0n) is 38.2. The lowest BCUT2D eigenvalue weighted by molar-refractivity contribution is 0.645. The first-order valence-corrected chi connectivity index (χ1v) is 24.6. The summed E-state index contributed by atoms with van der Waals surface area (Å²) in [6.45, 7) is 0. The molecule has 1 unspecified atom stereocenters. The summed E-state index contributed by atoms with van der Waals surface area (Å²) in [6.07, 6.45) is 21.6. The van der Waals surface area contributed by atoms with Crippen LogP contribution in [-0.2, 0) is 25.7 Å². The molecule has 7 aromatic carbocycles. The quantitative estimate of drug-likeness (QED) is 0.165. The molecule has 0 radical (unpaired) electrons. The molecule has 0 saturated heterocycles. The van der Waals surface area contributed by atoms with Gasteiger partial charge in [0, 0.05) is 79.1 Å². The lowest BCUT2D eigenvalue weighted by atomic mass is 9.74. The van der Waals surface area contributed by atoms with Gasteiger partial charge >= 0.3 is 0 Å². The number of rotatable bonds is 4. The van der Waals surface area contributed by atoms with Crippen LogP contribution in [0.3, 0.4) is 0 Å². The summed E-state index contributed by atoms with van der Waals surface area (Å²) in [5.41, 5.74) is 23.8. The Bertz CT molecular complexity index is 4510. The van der Waals surface area contributed by atoms with Crippen LogP contribution in [0.1, 0.15) is 34.7 Å². The number of benzene rings is 7. The Morgan fingerprint density at radius 1 is 0.429 bits per heavy atom. The average Bonchev–Trinajstić information content (AvgIpc) is 3.94. The van der Waals surface area contributed by atoms with Crippen molar-refractivity contribution in [2.24, 2.45) is 0 Å². The minimum atomic E-state index is 0.218. The van der Waals surface area contributed by atoms with Gasteiger partial charge in [-0.05, 0) is 173 Å². The molecule has 3 aliphatic carbocycles. The Labute approximate surface area is 402 Å². The monoisotopic (exact) mass is 894 g/mol. The highest BCUT2D eigenvalue weighted by Gasteiger charge is 2.34. The van der Waals surface area contributed by atoms with Crippen molar-refractivity contribution < 1.29 is 0 Å². The van der Waals surface area contributed by atoms with Gasteiger partial charge in [0.05, 0.1) is 44.7 Å². The zero-order valence-corrected chi connectivity index (χ0v) is 38.2. The molecule has 0 fully saturated rings. The third kappa shape index (κ3) is 5.28. The molecular formula is C64H42N6. The topological polar surface area (TPSA) is 61.4 Å². The van der Waals surface area contributed by atoms with Crippen LogP contribution >= 0.6 is 0 Å². The minimum Gasteiger partial charge on any atom is -0.333 e. The molecule has 0 amide bonds. The number of allylic oxidation sites excluding steroid dienone is 4. The zero-order chi connectivity index (χ0) is 45.6. The Kier molecular flexibility index (Phi) is 7.86. The molecule has 1 atom stereocenters. The summed E-state index contributed by atoms with van der Waals surface area (Å²) >= 11 is 0. The van der Waals surface area contributed by atoms with Crippen molar-refractivity contribution in [2.45, 2.75) is 38.1 Å². The van der Waals surface area contributed by atoms with E-state index < -0.39 is 0 Å². The van der Waals surface area contributed by atoms with E-state index in [9.17, 15) is 0 Å². The first kappa shape index (κ1) is 38.3. The largest absolute Gasteiger partial charge is 0.333 e. The van der Waals surface area contributed by atoms with Crippen LogP contribution < -0.4 is 0 Å². The molecule has 0 N–H and O–H groups in total. The molecule has 328 valence electrons. The number of hydrogen-bond acceptors (Lipinski definition) is 4. The molecule has 6 nitrogen and oxygen atoms in total. The molecule has 6 heteroatoms. The third-order valence-corrected chi connectivity index (χ3v) is 15.9. The molecule has 0 spiro atoms. The van der Waals surface area contributed by atoms with Crippen LogP contribution in [0.5, 0.6) is 0 Å². The second kappa shape index (κ2) is 14.4. The van der Waals surface area contributed by atoms with Crippen molar-refractivity contribution in [3.63, 3.8) is 0 Å². The Hall–Kier alpha value is -8.74. The SMILES string of the molecule is C1=CCC(n2c3ccc(-c4cc5cccnc5c5ncccc45)cc3c3cc4c5c(c32)CCc2cc3c6cc(-c7cc8cccnc8c8ncccc78)ccc6n(-c6ccccc6)c3c(c2-5)CC4)C=C1. The van der Waals surface area contributed by atoms with E-state index in [4.69, 9.17) is 19.9 Å². The predicted molar refractivity (Wildman–Crippen MR) is 288 cm³/mol. The van der Waals surface area contributed by atoms with Gasteiger partial charge in [-0.1, -0.05) is 78.9 Å². The number of nitrogens with zero attached hydrogens (tertiary/aromatic N) is 6.